The molecule has 4 rings (SSSR count). The van der Waals surface area contributed by atoms with Gasteiger partial charge >= 0.3 is 0 Å². The van der Waals surface area contributed by atoms with E-state index in [0.29, 0.717) is 11.3 Å². The fourth-order valence-electron chi connectivity index (χ4n) is 5.17. The molecule has 1 spiro atoms. The molecule has 2 N–H and O–H groups in total. The molecule has 0 aromatic heterocycles. The summed E-state index contributed by atoms with van der Waals surface area (Å²) in [5.74, 6) is 0.630. The van der Waals surface area contributed by atoms with Crippen LogP contribution >= 0.6 is 0 Å². The molecule has 2 aliphatic carbocycles. The molecule has 0 aromatic carbocycles. The van der Waals surface area contributed by atoms with E-state index in [1.807, 2.05) is 0 Å². The van der Waals surface area contributed by atoms with Crippen LogP contribution in [-0.2, 0) is 0 Å². The summed E-state index contributed by atoms with van der Waals surface area (Å²) < 4.78 is 0. The van der Waals surface area contributed by atoms with Crippen LogP contribution in [0.1, 0.15) is 65.7 Å². The van der Waals surface area contributed by atoms with Crippen molar-refractivity contribution in [2.24, 2.45) is 16.3 Å². The molecular formula is C23H36N4. The van der Waals surface area contributed by atoms with Crippen molar-refractivity contribution in [1.82, 2.24) is 15.8 Å². The molecule has 1 saturated carbocycles. The summed E-state index contributed by atoms with van der Waals surface area (Å²) >= 11 is 0. The third kappa shape index (κ3) is 4.22. The summed E-state index contributed by atoms with van der Waals surface area (Å²) in [6.45, 7) is 14.2. The first-order chi connectivity index (χ1) is 12.8. The number of hydrogen-bond acceptors (Lipinski definition) is 4. The van der Waals surface area contributed by atoms with Gasteiger partial charge in [-0.2, -0.15) is 0 Å². The van der Waals surface area contributed by atoms with Crippen molar-refractivity contribution in [3.63, 3.8) is 0 Å². The minimum atomic E-state index is 0.164. The van der Waals surface area contributed by atoms with Gasteiger partial charge in [0.2, 0.25) is 0 Å². The van der Waals surface area contributed by atoms with Crippen molar-refractivity contribution in [3.05, 3.63) is 35.2 Å². The Morgan fingerprint density at radius 2 is 2.07 bits per heavy atom. The van der Waals surface area contributed by atoms with Crippen molar-refractivity contribution in [2.75, 3.05) is 19.6 Å². The fraction of sp³-hybridized carbons (Fsp3) is 0.696. The Bertz CT molecular complexity index is 678. The molecule has 0 aromatic rings. The van der Waals surface area contributed by atoms with Gasteiger partial charge in [-0.15, -0.1) is 0 Å². The molecular weight excluding hydrogens is 332 g/mol. The number of nitrogens with zero attached hydrogens (tertiary/aromatic N) is 2. The quantitative estimate of drug-likeness (QED) is 0.733. The predicted octanol–water partition coefficient (Wildman–Crippen LogP) is 4.33. The fourth-order valence-corrected chi connectivity index (χ4v) is 5.17. The van der Waals surface area contributed by atoms with Crippen LogP contribution in [0.15, 0.2) is 40.2 Å². The Hall–Kier alpha value is -1.39. The second-order valence-electron chi connectivity index (χ2n) is 10.1. The molecule has 4 nitrogen and oxygen atoms in total. The molecule has 0 atom stereocenters. The molecule has 1 saturated heterocycles. The lowest BCUT2D eigenvalue weighted by molar-refractivity contribution is -0.123. The van der Waals surface area contributed by atoms with Crippen LogP contribution in [0.4, 0.5) is 0 Å². The average Bonchev–Trinajstić information content (AvgIpc) is 3.02. The summed E-state index contributed by atoms with van der Waals surface area (Å²) in [6.07, 6.45) is 13.2. The molecule has 148 valence electrons. The van der Waals surface area contributed by atoms with E-state index >= 15 is 0 Å². The molecule has 2 aliphatic heterocycles. The van der Waals surface area contributed by atoms with Crippen LogP contribution in [0.3, 0.4) is 0 Å². The highest BCUT2D eigenvalue weighted by molar-refractivity contribution is 5.70. The number of hydrazine groups is 1. The largest absolute Gasteiger partial charge is 0.383 e. The Morgan fingerprint density at radius 3 is 2.74 bits per heavy atom. The average molecular weight is 369 g/mol. The molecule has 27 heavy (non-hydrogen) atoms. The molecule has 0 radical (unpaired) electrons. The van der Waals surface area contributed by atoms with E-state index in [-0.39, 0.29) is 5.54 Å². The van der Waals surface area contributed by atoms with Gasteiger partial charge in [-0.3, -0.25) is 4.99 Å². The molecule has 4 aliphatic rings. The van der Waals surface area contributed by atoms with E-state index in [4.69, 9.17) is 0 Å². The summed E-state index contributed by atoms with van der Waals surface area (Å²) in [6, 6.07) is 0. The second-order valence-corrected chi connectivity index (χ2v) is 10.1. The highest BCUT2D eigenvalue weighted by Gasteiger charge is 2.53. The minimum absolute atomic E-state index is 0.164. The highest BCUT2D eigenvalue weighted by atomic mass is 15.6. The first-order valence-electron chi connectivity index (χ1n) is 10.7. The SMILES string of the molecule is C=C(NCC1=C(C2=CCCCC2)CC=N1)C1CC2(C1)CN(NC(C)(C)C)C2. The maximum atomic E-state index is 4.66. The van der Waals surface area contributed by atoms with Crippen molar-refractivity contribution >= 4 is 6.21 Å². The number of aliphatic imine (C=N–C) groups is 1. The lowest BCUT2D eigenvalue weighted by Crippen LogP contribution is -2.68. The van der Waals surface area contributed by atoms with Crippen LogP contribution < -0.4 is 10.7 Å². The number of nitrogens with one attached hydrogen (secondary N) is 2. The summed E-state index contributed by atoms with van der Waals surface area (Å²) in [5, 5.41) is 5.99. The zero-order valence-corrected chi connectivity index (χ0v) is 17.4. The van der Waals surface area contributed by atoms with Gasteiger partial charge in [0.1, 0.15) is 0 Å². The van der Waals surface area contributed by atoms with E-state index in [0.717, 1.165) is 13.0 Å². The van der Waals surface area contributed by atoms with Crippen LogP contribution in [-0.4, -0.2) is 36.4 Å². The van der Waals surface area contributed by atoms with E-state index < -0.39 is 0 Å². The van der Waals surface area contributed by atoms with Crippen LogP contribution in [0.25, 0.3) is 0 Å². The predicted molar refractivity (Wildman–Crippen MR) is 113 cm³/mol. The van der Waals surface area contributed by atoms with Gasteiger partial charge in [0.25, 0.3) is 0 Å². The molecule has 0 bridgehead atoms. The van der Waals surface area contributed by atoms with Crippen LogP contribution in [0.2, 0.25) is 0 Å². The molecule has 0 unspecified atom stereocenters. The lowest BCUT2D eigenvalue weighted by atomic mass is 9.57. The Labute approximate surface area is 164 Å². The maximum absolute atomic E-state index is 4.66. The van der Waals surface area contributed by atoms with E-state index in [1.54, 1.807) is 5.57 Å². The van der Waals surface area contributed by atoms with Crippen molar-refractivity contribution < 1.29 is 0 Å². The molecule has 2 heterocycles. The van der Waals surface area contributed by atoms with Crippen molar-refractivity contribution in [2.45, 2.75) is 71.3 Å². The van der Waals surface area contributed by atoms with Gasteiger partial charge in [0.05, 0.1) is 12.2 Å². The Kier molecular flexibility index (Phi) is 5.06. The van der Waals surface area contributed by atoms with Gasteiger partial charge in [0.15, 0.2) is 0 Å². The van der Waals surface area contributed by atoms with Gasteiger partial charge in [-0.25, -0.2) is 10.4 Å². The van der Waals surface area contributed by atoms with Gasteiger partial charge in [-0.05, 0) is 81.8 Å². The Morgan fingerprint density at radius 1 is 1.30 bits per heavy atom. The highest BCUT2D eigenvalue weighted by Crippen LogP contribution is 2.53. The summed E-state index contributed by atoms with van der Waals surface area (Å²) in [7, 11) is 0. The molecule has 4 heteroatoms. The zero-order valence-electron chi connectivity index (χ0n) is 17.4. The standard InChI is InChI=1S/C23H36N4/c1-17(19-12-23(13-19)15-27(16-23)26-22(2,3)4)25-14-21-20(10-11-24-21)18-8-6-5-7-9-18/h8,11,19,25-26H,1,5-7,9-10,12-16H2,2-4H3. The monoisotopic (exact) mass is 368 g/mol. The lowest BCUT2D eigenvalue weighted by Gasteiger charge is -2.60. The first-order valence-corrected chi connectivity index (χ1v) is 10.7. The number of rotatable bonds is 6. The van der Waals surface area contributed by atoms with Crippen LogP contribution in [0, 0.1) is 11.3 Å². The maximum Gasteiger partial charge on any atom is 0.0629 e. The normalized spacial score (nSPS) is 25.4. The number of allylic oxidation sites excluding steroid dienone is 4. The van der Waals surface area contributed by atoms with Crippen LogP contribution in [0.5, 0.6) is 0 Å². The minimum Gasteiger partial charge on any atom is -0.383 e. The first kappa shape index (κ1) is 18.9. The van der Waals surface area contributed by atoms with Gasteiger partial charge in [0, 0.05) is 37.0 Å². The molecule has 0 amide bonds. The third-order valence-electron chi connectivity index (χ3n) is 6.45. The number of hydrogen-bond donors (Lipinski definition) is 2. The topological polar surface area (TPSA) is 39.7 Å². The smallest absolute Gasteiger partial charge is 0.0629 e. The Balaban J connectivity index is 1.23. The third-order valence-corrected chi connectivity index (χ3v) is 6.45. The van der Waals surface area contributed by atoms with Crippen molar-refractivity contribution in [3.8, 4) is 0 Å². The summed E-state index contributed by atoms with van der Waals surface area (Å²) in [5.41, 5.74) is 9.77. The van der Waals surface area contributed by atoms with Gasteiger partial charge < -0.3 is 5.32 Å². The molecule has 2 fully saturated rings. The zero-order chi connectivity index (χ0) is 19.1. The summed E-state index contributed by atoms with van der Waals surface area (Å²) in [4.78, 5) is 4.66. The van der Waals surface area contributed by atoms with Crippen molar-refractivity contribution in [1.29, 1.82) is 0 Å². The van der Waals surface area contributed by atoms with Gasteiger partial charge in [-0.1, -0.05) is 12.7 Å². The van der Waals surface area contributed by atoms with E-state index in [2.05, 4.69) is 60.4 Å². The second kappa shape index (κ2) is 7.21. The van der Waals surface area contributed by atoms with E-state index in [9.17, 15) is 0 Å². The van der Waals surface area contributed by atoms with E-state index in [1.165, 1.54) is 68.6 Å².